The topological polar surface area (TPSA) is 121 Å². The van der Waals surface area contributed by atoms with Crippen LogP contribution >= 0.6 is 0 Å². The van der Waals surface area contributed by atoms with Crippen molar-refractivity contribution in [1.29, 1.82) is 0 Å². The van der Waals surface area contributed by atoms with E-state index in [0.717, 1.165) is 19.3 Å². The van der Waals surface area contributed by atoms with E-state index in [1.165, 1.54) is 9.80 Å². The Morgan fingerprint density at radius 1 is 0.944 bits per heavy atom. The molecular weight excluding hydrogens is 466 g/mol. The minimum absolute atomic E-state index is 0.00504. The second-order valence-electron chi connectivity index (χ2n) is 9.81. The number of carbonyl (C=O) groups excluding carboxylic acids is 6. The molecule has 0 aromatic rings. The maximum absolute atomic E-state index is 12.7. The Morgan fingerprint density at radius 3 is 2.17 bits per heavy atom. The van der Waals surface area contributed by atoms with Crippen LogP contribution in [-0.2, 0) is 33.6 Å². The first-order valence-electron chi connectivity index (χ1n) is 12.6. The number of nitrogens with zero attached hydrogens (tertiary/aromatic N) is 3. The highest BCUT2D eigenvalue weighted by molar-refractivity contribution is 6.06. The maximum atomic E-state index is 12.7. The monoisotopic (exact) mass is 497 g/mol. The first-order valence-corrected chi connectivity index (χ1v) is 12.6. The second kappa shape index (κ2) is 11.1. The lowest BCUT2D eigenvalue weighted by atomic mass is 9.85. The molecule has 10 heteroatoms. The predicted octanol–water partition coefficient (Wildman–Crippen LogP) is 1.20. The van der Waals surface area contributed by atoms with Crippen molar-refractivity contribution in [3.8, 4) is 12.3 Å². The summed E-state index contributed by atoms with van der Waals surface area (Å²) >= 11 is 0. The van der Waals surface area contributed by atoms with Crippen molar-refractivity contribution in [1.82, 2.24) is 14.9 Å². The fourth-order valence-electron chi connectivity index (χ4n) is 5.69. The van der Waals surface area contributed by atoms with E-state index >= 15 is 0 Å². The van der Waals surface area contributed by atoms with E-state index in [1.54, 1.807) is 0 Å². The smallest absolute Gasteiger partial charge is 0.332 e. The molecule has 192 valence electrons. The normalized spacial score (nSPS) is 26.1. The Labute approximate surface area is 209 Å². The van der Waals surface area contributed by atoms with E-state index < -0.39 is 17.8 Å². The summed E-state index contributed by atoms with van der Waals surface area (Å²) in [6.45, 7) is 0.954. The average molecular weight is 498 g/mol. The molecule has 1 saturated carbocycles. The van der Waals surface area contributed by atoms with Gasteiger partial charge in [0.15, 0.2) is 0 Å². The number of likely N-dealkylation sites (tertiary alicyclic amines) is 1. The van der Waals surface area contributed by atoms with E-state index in [9.17, 15) is 28.8 Å². The van der Waals surface area contributed by atoms with Crippen molar-refractivity contribution in [3.05, 3.63) is 12.2 Å². The van der Waals surface area contributed by atoms with Gasteiger partial charge < -0.3 is 9.74 Å². The minimum atomic E-state index is -0.827. The summed E-state index contributed by atoms with van der Waals surface area (Å²) < 4.78 is 0. The number of hydroxylamine groups is 2. The first kappa shape index (κ1) is 25.6. The highest BCUT2D eigenvalue weighted by Crippen LogP contribution is 2.52. The third kappa shape index (κ3) is 5.20. The number of hydrogen-bond acceptors (Lipinski definition) is 7. The molecule has 4 atom stereocenters. The molecule has 4 rings (SSSR count). The predicted molar refractivity (Wildman–Crippen MR) is 125 cm³/mol. The van der Waals surface area contributed by atoms with Gasteiger partial charge in [-0.15, -0.1) is 11.5 Å². The standard InChI is InChI=1S/C26H31N3O7/c1-2-13-27(19(30)11-12-22(33)36-29-20(31)9-10-21(29)32)14-5-3-4-6-15-28-25(34)23-17-7-8-18(16-17)24(23)26(28)35/h1,7-8,17-18,23-24H,3-6,9-16H2/t17-,18+,23-,24+. The Hall–Kier alpha value is -3.48. The summed E-state index contributed by atoms with van der Waals surface area (Å²) in [4.78, 5) is 80.6. The van der Waals surface area contributed by atoms with Crippen LogP contribution in [0.5, 0.6) is 0 Å². The number of rotatable bonds is 12. The molecule has 2 heterocycles. The van der Waals surface area contributed by atoms with Crippen molar-refractivity contribution in [2.45, 2.75) is 57.8 Å². The Morgan fingerprint density at radius 2 is 1.56 bits per heavy atom. The molecule has 3 fully saturated rings. The summed E-state index contributed by atoms with van der Waals surface area (Å²) in [6, 6.07) is 0. The largest absolute Gasteiger partial charge is 0.333 e. The highest BCUT2D eigenvalue weighted by atomic mass is 16.7. The fourth-order valence-corrected chi connectivity index (χ4v) is 5.69. The molecular formula is C26H31N3O7. The lowest BCUT2D eigenvalue weighted by Crippen LogP contribution is -2.34. The molecule has 0 unspecified atom stereocenters. The van der Waals surface area contributed by atoms with Crippen molar-refractivity contribution in [2.75, 3.05) is 19.6 Å². The fraction of sp³-hybridized carbons (Fsp3) is 0.615. The number of allylic oxidation sites excluding steroid dienone is 2. The van der Waals surface area contributed by atoms with Crippen molar-refractivity contribution in [2.24, 2.45) is 23.7 Å². The van der Waals surface area contributed by atoms with Gasteiger partial charge >= 0.3 is 5.97 Å². The van der Waals surface area contributed by atoms with Gasteiger partial charge in [0.2, 0.25) is 17.7 Å². The average Bonchev–Trinajstić information content (AvgIpc) is 3.61. The maximum Gasteiger partial charge on any atom is 0.333 e. The molecule has 5 amide bonds. The van der Waals surface area contributed by atoms with Gasteiger partial charge in [-0.3, -0.25) is 28.9 Å². The number of terminal acetylenes is 1. The van der Waals surface area contributed by atoms with E-state index in [2.05, 4.69) is 18.1 Å². The van der Waals surface area contributed by atoms with Crippen LogP contribution < -0.4 is 0 Å². The van der Waals surface area contributed by atoms with Crippen LogP contribution in [-0.4, -0.2) is 70.0 Å². The van der Waals surface area contributed by atoms with Gasteiger partial charge in [0.05, 0.1) is 24.8 Å². The molecule has 2 bridgehead atoms. The van der Waals surface area contributed by atoms with Crippen molar-refractivity contribution in [3.63, 3.8) is 0 Å². The van der Waals surface area contributed by atoms with Crippen LogP contribution in [0.1, 0.15) is 57.8 Å². The minimum Gasteiger partial charge on any atom is -0.332 e. The number of amides is 5. The van der Waals surface area contributed by atoms with Crippen molar-refractivity contribution < 1.29 is 33.6 Å². The Bertz CT molecular complexity index is 983. The van der Waals surface area contributed by atoms with Gasteiger partial charge in [0, 0.05) is 32.4 Å². The Balaban J connectivity index is 1.12. The van der Waals surface area contributed by atoms with Gasteiger partial charge in [0.1, 0.15) is 0 Å². The lowest BCUT2D eigenvalue weighted by molar-refractivity contribution is -0.197. The molecule has 0 aromatic carbocycles. The first-order chi connectivity index (χ1) is 17.3. The van der Waals surface area contributed by atoms with Crippen LogP contribution in [0.2, 0.25) is 0 Å². The molecule has 2 aliphatic carbocycles. The molecule has 0 spiro atoms. The van der Waals surface area contributed by atoms with Crippen LogP contribution in [0.15, 0.2) is 12.2 Å². The zero-order chi connectivity index (χ0) is 25.8. The third-order valence-electron chi connectivity index (χ3n) is 7.50. The third-order valence-corrected chi connectivity index (χ3v) is 7.50. The summed E-state index contributed by atoms with van der Waals surface area (Å²) in [5.41, 5.74) is 0. The number of fused-ring (bicyclic) bond motifs is 5. The number of unbranched alkanes of at least 4 members (excludes halogenated alkanes) is 3. The zero-order valence-electron chi connectivity index (χ0n) is 20.2. The number of carbonyl (C=O) groups is 6. The van der Waals surface area contributed by atoms with Crippen LogP contribution in [0, 0.1) is 36.0 Å². The van der Waals surface area contributed by atoms with Crippen molar-refractivity contribution >= 4 is 35.5 Å². The highest BCUT2D eigenvalue weighted by Gasteiger charge is 2.58. The van der Waals surface area contributed by atoms with Crippen LogP contribution in [0.3, 0.4) is 0 Å². The second-order valence-corrected chi connectivity index (χ2v) is 9.81. The summed E-state index contributed by atoms with van der Waals surface area (Å²) in [6.07, 6.45) is 13.1. The molecule has 4 aliphatic rings. The van der Waals surface area contributed by atoms with Gasteiger partial charge in [-0.1, -0.05) is 30.9 Å². The lowest BCUT2D eigenvalue weighted by Gasteiger charge is -2.20. The Kier molecular flexibility index (Phi) is 7.87. The van der Waals surface area contributed by atoms with Gasteiger partial charge in [-0.05, 0) is 31.1 Å². The van der Waals surface area contributed by atoms with Gasteiger partial charge in [0.25, 0.3) is 11.8 Å². The number of hydrogen-bond donors (Lipinski definition) is 0. The summed E-state index contributed by atoms with van der Waals surface area (Å²) in [7, 11) is 0. The number of imide groups is 2. The molecule has 2 aliphatic heterocycles. The molecule has 0 radical (unpaired) electrons. The van der Waals surface area contributed by atoms with Gasteiger partial charge in [-0.25, -0.2) is 4.79 Å². The SMILES string of the molecule is C#CCN(CCCCCCN1C(=O)[C@@H]2[C@H](C1=O)[C@@H]1C=C[C@H]2C1)C(=O)CCC(=O)ON1C(=O)CCC1=O. The van der Waals surface area contributed by atoms with Gasteiger partial charge in [-0.2, -0.15) is 0 Å². The zero-order valence-corrected chi connectivity index (χ0v) is 20.2. The molecule has 0 aromatic heterocycles. The summed E-state index contributed by atoms with van der Waals surface area (Å²) in [5, 5.41) is 0.461. The molecule has 2 saturated heterocycles. The molecule has 10 nitrogen and oxygen atoms in total. The van der Waals surface area contributed by atoms with E-state index in [4.69, 9.17) is 11.3 Å². The van der Waals surface area contributed by atoms with Crippen LogP contribution in [0.25, 0.3) is 0 Å². The summed E-state index contributed by atoms with van der Waals surface area (Å²) in [5.74, 6) is 0.221. The van der Waals surface area contributed by atoms with Crippen LogP contribution in [0.4, 0.5) is 0 Å². The molecule has 36 heavy (non-hydrogen) atoms. The molecule has 0 N–H and O–H groups in total. The van der Waals surface area contributed by atoms with E-state index in [-0.39, 0.29) is 73.6 Å². The van der Waals surface area contributed by atoms with E-state index in [0.29, 0.717) is 31.0 Å². The quantitative estimate of drug-likeness (QED) is 0.172. The van der Waals surface area contributed by atoms with E-state index in [1.807, 2.05) is 0 Å².